The molecule has 0 saturated carbocycles. The summed E-state index contributed by atoms with van der Waals surface area (Å²) >= 11 is 0. The molecule has 1 aromatic heterocycles. The number of nitrogens with zero attached hydrogens (tertiary/aromatic N) is 5. The number of aromatic nitrogens is 2. The van der Waals surface area contributed by atoms with E-state index in [1.54, 1.807) is 47.6 Å². The molecule has 8 heteroatoms. The third-order valence-electron chi connectivity index (χ3n) is 5.51. The van der Waals surface area contributed by atoms with Crippen LogP contribution in [0.2, 0.25) is 0 Å². The van der Waals surface area contributed by atoms with Gasteiger partial charge in [-0.1, -0.05) is 26.0 Å². The van der Waals surface area contributed by atoms with E-state index >= 15 is 0 Å². The SMILES string of the molecule is CC(C)C(NC(=O)N1CCN(c2ncccn2)CC1(C)C)C(=O)c1ccc(C#N)cc1. The number of nitrogens with one attached hydrogen (secondary N) is 1. The van der Waals surface area contributed by atoms with Gasteiger partial charge in [-0.3, -0.25) is 4.79 Å². The van der Waals surface area contributed by atoms with E-state index in [1.807, 2.05) is 33.8 Å². The van der Waals surface area contributed by atoms with Crippen molar-refractivity contribution >= 4 is 17.8 Å². The van der Waals surface area contributed by atoms with Crippen LogP contribution in [0, 0.1) is 17.2 Å². The molecule has 1 aliphatic rings. The molecule has 31 heavy (non-hydrogen) atoms. The van der Waals surface area contributed by atoms with Crippen LogP contribution in [-0.4, -0.2) is 57.9 Å². The Hall–Kier alpha value is -3.47. The van der Waals surface area contributed by atoms with Crippen molar-refractivity contribution in [1.82, 2.24) is 20.2 Å². The molecule has 1 aliphatic heterocycles. The highest BCUT2D eigenvalue weighted by Gasteiger charge is 2.39. The van der Waals surface area contributed by atoms with Gasteiger partial charge in [0.25, 0.3) is 0 Å². The Morgan fingerprint density at radius 3 is 2.32 bits per heavy atom. The molecule has 1 N–H and O–H groups in total. The first-order valence-corrected chi connectivity index (χ1v) is 10.4. The van der Waals surface area contributed by atoms with Crippen molar-refractivity contribution in [2.24, 2.45) is 5.92 Å². The van der Waals surface area contributed by atoms with Crippen molar-refractivity contribution in [3.05, 3.63) is 53.9 Å². The summed E-state index contributed by atoms with van der Waals surface area (Å²) in [7, 11) is 0. The smallest absolute Gasteiger partial charge is 0.318 e. The number of nitriles is 1. The monoisotopic (exact) mass is 420 g/mol. The fraction of sp³-hybridized carbons (Fsp3) is 0.435. The van der Waals surface area contributed by atoms with E-state index < -0.39 is 11.6 Å². The van der Waals surface area contributed by atoms with Crippen LogP contribution < -0.4 is 10.2 Å². The molecule has 1 fully saturated rings. The van der Waals surface area contributed by atoms with Crippen LogP contribution in [0.15, 0.2) is 42.7 Å². The van der Waals surface area contributed by atoms with Gasteiger partial charge in [0.2, 0.25) is 5.95 Å². The number of amides is 2. The number of rotatable bonds is 5. The molecule has 8 nitrogen and oxygen atoms in total. The summed E-state index contributed by atoms with van der Waals surface area (Å²) in [6.45, 7) is 9.48. The first-order chi connectivity index (χ1) is 14.7. The number of carbonyl (C=O) groups excluding carboxylic acids is 2. The zero-order valence-electron chi connectivity index (χ0n) is 18.4. The van der Waals surface area contributed by atoms with Crippen molar-refractivity contribution in [2.45, 2.75) is 39.3 Å². The van der Waals surface area contributed by atoms with Crippen molar-refractivity contribution in [3.63, 3.8) is 0 Å². The maximum atomic E-state index is 13.2. The van der Waals surface area contributed by atoms with Gasteiger partial charge in [-0.15, -0.1) is 0 Å². The molecule has 2 heterocycles. The molecule has 162 valence electrons. The average Bonchev–Trinajstić information content (AvgIpc) is 2.76. The molecule has 0 radical (unpaired) electrons. The number of benzene rings is 1. The normalized spacial score (nSPS) is 16.5. The summed E-state index contributed by atoms with van der Waals surface area (Å²) in [4.78, 5) is 38.7. The van der Waals surface area contributed by atoms with Gasteiger partial charge in [0.1, 0.15) is 0 Å². The van der Waals surface area contributed by atoms with E-state index in [4.69, 9.17) is 5.26 Å². The number of anilines is 1. The fourth-order valence-corrected chi connectivity index (χ4v) is 3.79. The summed E-state index contributed by atoms with van der Waals surface area (Å²) in [6.07, 6.45) is 3.41. The first kappa shape index (κ1) is 22.2. The number of hydrogen-bond donors (Lipinski definition) is 1. The lowest BCUT2D eigenvalue weighted by Gasteiger charge is -2.47. The molecule has 1 unspecified atom stereocenters. The molecule has 2 amide bonds. The first-order valence-electron chi connectivity index (χ1n) is 10.4. The van der Waals surface area contributed by atoms with Gasteiger partial charge in [-0.05, 0) is 38.0 Å². The lowest BCUT2D eigenvalue weighted by molar-refractivity contribution is 0.0883. The van der Waals surface area contributed by atoms with Crippen LogP contribution >= 0.6 is 0 Å². The minimum absolute atomic E-state index is 0.0887. The number of urea groups is 1. The lowest BCUT2D eigenvalue weighted by atomic mass is 9.94. The summed E-state index contributed by atoms with van der Waals surface area (Å²) in [5.74, 6) is 0.392. The van der Waals surface area contributed by atoms with E-state index in [9.17, 15) is 9.59 Å². The third kappa shape index (κ3) is 5.00. The molecule has 1 atom stereocenters. The summed E-state index contributed by atoms with van der Waals surface area (Å²) in [6, 6.07) is 9.38. The van der Waals surface area contributed by atoms with Crippen LogP contribution in [0.3, 0.4) is 0 Å². The molecular weight excluding hydrogens is 392 g/mol. The molecule has 0 spiro atoms. The fourth-order valence-electron chi connectivity index (χ4n) is 3.79. The Morgan fingerprint density at radius 1 is 1.13 bits per heavy atom. The summed E-state index contributed by atoms with van der Waals surface area (Å²) < 4.78 is 0. The van der Waals surface area contributed by atoms with Crippen LogP contribution in [0.1, 0.15) is 43.6 Å². The maximum Gasteiger partial charge on any atom is 0.318 e. The van der Waals surface area contributed by atoms with Gasteiger partial charge in [0, 0.05) is 37.6 Å². The van der Waals surface area contributed by atoms with E-state index in [0.29, 0.717) is 36.7 Å². The van der Waals surface area contributed by atoms with Crippen LogP contribution in [0.5, 0.6) is 0 Å². The minimum atomic E-state index is -0.660. The number of hydrogen-bond acceptors (Lipinski definition) is 6. The molecule has 1 saturated heterocycles. The van der Waals surface area contributed by atoms with Crippen molar-refractivity contribution < 1.29 is 9.59 Å². The van der Waals surface area contributed by atoms with Gasteiger partial charge in [-0.25, -0.2) is 14.8 Å². The number of Topliss-reactive ketones (excluding diaryl/α,β-unsaturated/α-hetero) is 1. The Labute approximate surface area is 182 Å². The number of piperazine rings is 1. The maximum absolute atomic E-state index is 13.2. The largest absolute Gasteiger partial charge is 0.337 e. The van der Waals surface area contributed by atoms with E-state index in [-0.39, 0.29) is 17.7 Å². The van der Waals surface area contributed by atoms with Gasteiger partial charge < -0.3 is 15.1 Å². The quantitative estimate of drug-likeness (QED) is 0.746. The minimum Gasteiger partial charge on any atom is -0.337 e. The predicted molar refractivity (Wildman–Crippen MR) is 118 cm³/mol. The molecular formula is C23H28N6O2. The second kappa shape index (κ2) is 9.13. The number of carbonyl (C=O) groups is 2. The highest BCUT2D eigenvalue weighted by molar-refractivity contribution is 6.02. The second-order valence-corrected chi connectivity index (χ2v) is 8.66. The Bertz CT molecular complexity index is 966. The number of ketones is 1. The topological polar surface area (TPSA) is 102 Å². The molecule has 0 aliphatic carbocycles. The average molecular weight is 421 g/mol. The predicted octanol–water partition coefficient (Wildman–Crippen LogP) is 2.87. The third-order valence-corrected chi connectivity index (χ3v) is 5.51. The Kier molecular flexibility index (Phi) is 6.54. The van der Waals surface area contributed by atoms with E-state index in [2.05, 4.69) is 20.2 Å². The highest BCUT2D eigenvalue weighted by Crippen LogP contribution is 2.24. The van der Waals surface area contributed by atoms with Crippen molar-refractivity contribution in [2.75, 3.05) is 24.5 Å². The lowest BCUT2D eigenvalue weighted by Crippen LogP contribution is -2.64. The van der Waals surface area contributed by atoms with E-state index in [0.717, 1.165) is 0 Å². The van der Waals surface area contributed by atoms with Gasteiger partial charge in [0.05, 0.1) is 23.2 Å². The van der Waals surface area contributed by atoms with Crippen LogP contribution in [0.25, 0.3) is 0 Å². The highest BCUT2D eigenvalue weighted by atomic mass is 16.2. The Morgan fingerprint density at radius 2 is 1.77 bits per heavy atom. The van der Waals surface area contributed by atoms with Gasteiger partial charge in [-0.2, -0.15) is 5.26 Å². The van der Waals surface area contributed by atoms with E-state index in [1.165, 1.54) is 0 Å². The van der Waals surface area contributed by atoms with Crippen LogP contribution in [0.4, 0.5) is 10.7 Å². The second-order valence-electron chi connectivity index (χ2n) is 8.66. The Balaban J connectivity index is 1.72. The summed E-state index contributed by atoms with van der Waals surface area (Å²) in [5.41, 5.74) is 0.493. The molecule has 0 bridgehead atoms. The van der Waals surface area contributed by atoms with Crippen LogP contribution in [-0.2, 0) is 0 Å². The molecule has 1 aromatic carbocycles. The van der Waals surface area contributed by atoms with Crippen molar-refractivity contribution in [1.29, 1.82) is 5.26 Å². The zero-order valence-corrected chi connectivity index (χ0v) is 18.4. The summed E-state index contributed by atoms with van der Waals surface area (Å²) in [5, 5.41) is 11.9. The van der Waals surface area contributed by atoms with Gasteiger partial charge >= 0.3 is 6.03 Å². The molecule has 2 aromatic rings. The molecule has 3 rings (SSSR count). The standard InChI is InChI=1S/C23H28N6O2/c1-16(2)19(20(30)18-8-6-17(14-24)7-9-18)27-22(31)29-13-12-28(15-23(29,3)4)21-25-10-5-11-26-21/h5-11,16,19H,12-13,15H2,1-4H3,(H,27,31). The zero-order chi connectivity index (χ0) is 22.6. The van der Waals surface area contributed by atoms with Crippen molar-refractivity contribution in [3.8, 4) is 6.07 Å². The van der Waals surface area contributed by atoms with Gasteiger partial charge in [0.15, 0.2) is 5.78 Å².